The third kappa shape index (κ3) is 2.06. The van der Waals surface area contributed by atoms with E-state index in [0.29, 0.717) is 5.92 Å². The summed E-state index contributed by atoms with van der Waals surface area (Å²) in [4.78, 5) is 0. The van der Waals surface area contributed by atoms with E-state index >= 15 is 0 Å². The summed E-state index contributed by atoms with van der Waals surface area (Å²) < 4.78 is 1.84. The van der Waals surface area contributed by atoms with E-state index in [9.17, 15) is 5.11 Å². The minimum atomic E-state index is -0.578. The number of hydrogen-bond acceptors (Lipinski definition) is 2. The second kappa shape index (κ2) is 4.58. The van der Waals surface area contributed by atoms with Crippen molar-refractivity contribution >= 4 is 0 Å². The van der Waals surface area contributed by atoms with Crippen LogP contribution in [0.4, 0.5) is 0 Å². The molecule has 0 spiro atoms. The minimum absolute atomic E-state index is 0.578. The Morgan fingerprint density at radius 2 is 2.22 bits per heavy atom. The van der Waals surface area contributed by atoms with Crippen molar-refractivity contribution in [3.8, 4) is 0 Å². The summed E-state index contributed by atoms with van der Waals surface area (Å²) in [6, 6.07) is 10.2. The van der Waals surface area contributed by atoms with E-state index in [2.05, 4.69) is 17.2 Å². The molecule has 1 atom stereocenters. The summed E-state index contributed by atoms with van der Waals surface area (Å²) >= 11 is 0. The summed E-state index contributed by atoms with van der Waals surface area (Å²) in [5.41, 5.74) is 3.19. The highest BCUT2D eigenvalue weighted by molar-refractivity contribution is 5.33. The van der Waals surface area contributed by atoms with Gasteiger partial charge in [-0.2, -0.15) is 5.10 Å². The zero-order valence-electron chi connectivity index (χ0n) is 10.6. The lowest BCUT2D eigenvalue weighted by atomic mass is 10.0. The van der Waals surface area contributed by atoms with Crippen LogP contribution in [-0.4, -0.2) is 14.9 Å². The number of nitrogens with zero attached hydrogens (tertiary/aromatic N) is 2. The minimum Gasteiger partial charge on any atom is -0.382 e. The molecule has 0 radical (unpaired) electrons. The van der Waals surface area contributed by atoms with E-state index in [0.717, 1.165) is 17.8 Å². The lowest BCUT2D eigenvalue weighted by Crippen LogP contribution is -2.09. The molecule has 0 saturated heterocycles. The van der Waals surface area contributed by atoms with Crippen LogP contribution in [0.25, 0.3) is 0 Å². The van der Waals surface area contributed by atoms with E-state index in [1.807, 2.05) is 29.8 Å². The quantitative estimate of drug-likeness (QED) is 0.895. The van der Waals surface area contributed by atoms with Gasteiger partial charge in [0.2, 0.25) is 0 Å². The van der Waals surface area contributed by atoms with Gasteiger partial charge in [-0.15, -0.1) is 0 Å². The Labute approximate surface area is 107 Å². The van der Waals surface area contributed by atoms with E-state index in [1.54, 1.807) is 6.20 Å². The van der Waals surface area contributed by atoms with E-state index < -0.39 is 6.10 Å². The third-order valence-corrected chi connectivity index (χ3v) is 3.60. The van der Waals surface area contributed by atoms with Crippen LogP contribution in [0.1, 0.15) is 48.6 Å². The number of rotatable bonds is 4. The molecular weight excluding hydrogens is 224 g/mol. The number of aliphatic hydroxyl groups excluding tert-OH is 1. The first-order valence-corrected chi connectivity index (χ1v) is 6.59. The molecule has 1 heterocycles. The second-order valence-electron chi connectivity index (χ2n) is 4.92. The van der Waals surface area contributed by atoms with Crippen LogP contribution in [-0.2, 0) is 6.54 Å². The molecule has 1 fully saturated rings. The first-order chi connectivity index (χ1) is 8.79. The Balaban J connectivity index is 1.91. The Morgan fingerprint density at radius 1 is 1.39 bits per heavy atom. The van der Waals surface area contributed by atoms with Gasteiger partial charge in [0.05, 0.1) is 5.69 Å². The number of aliphatic hydroxyl groups is 1. The number of aromatic nitrogens is 2. The van der Waals surface area contributed by atoms with Gasteiger partial charge in [0.1, 0.15) is 6.10 Å². The highest BCUT2D eigenvalue weighted by atomic mass is 16.3. The SMILES string of the molecule is CCn1nccc1C(O)c1cccc(C2CC2)c1. The van der Waals surface area contributed by atoms with Crippen LogP contribution in [0.15, 0.2) is 36.5 Å². The summed E-state index contributed by atoms with van der Waals surface area (Å²) in [5.74, 6) is 0.716. The standard InChI is InChI=1S/C15H18N2O/c1-2-17-14(8-9-16-17)15(18)13-5-3-4-12(10-13)11-6-7-11/h3-5,8-11,15,18H,2,6-7H2,1H3. The summed E-state index contributed by atoms with van der Waals surface area (Å²) in [6.07, 6.45) is 3.73. The van der Waals surface area contributed by atoms with E-state index in [-0.39, 0.29) is 0 Å². The molecule has 2 aromatic rings. The third-order valence-electron chi connectivity index (χ3n) is 3.60. The Bertz CT molecular complexity index is 543. The van der Waals surface area contributed by atoms with Crippen LogP contribution in [0.3, 0.4) is 0 Å². The molecule has 1 aliphatic carbocycles. The van der Waals surface area contributed by atoms with Crippen molar-refractivity contribution in [2.45, 2.75) is 38.3 Å². The summed E-state index contributed by atoms with van der Waals surface area (Å²) in [5, 5.41) is 14.7. The smallest absolute Gasteiger partial charge is 0.121 e. The molecule has 0 aliphatic heterocycles. The van der Waals surface area contributed by atoms with Crippen molar-refractivity contribution in [2.75, 3.05) is 0 Å². The summed E-state index contributed by atoms with van der Waals surface area (Å²) in [6.45, 7) is 2.81. The average Bonchev–Trinajstić information content (AvgIpc) is 3.16. The van der Waals surface area contributed by atoms with Gasteiger partial charge in [0, 0.05) is 12.7 Å². The van der Waals surface area contributed by atoms with Crippen LogP contribution in [0.5, 0.6) is 0 Å². The maximum Gasteiger partial charge on any atom is 0.121 e. The van der Waals surface area contributed by atoms with Gasteiger partial charge in [0.15, 0.2) is 0 Å². The first-order valence-electron chi connectivity index (χ1n) is 6.59. The molecule has 1 aliphatic rings. The van der Waals surface area contributed by atoms with Crippen molar-refractivity contribution < 1.29 is 5.11 Å². The number of hydrogen-bond donors (Lipinski definition) is 1. The monoisotopic (exact) mass is 242 g/mol. The second-order valence-corrected chi connectivity index (χ2v) is 4.92. The molecule has 3 nitrogen and oxygen atoms in total. The number of aryl methyl sites for hydroxylation is 1. The highest BCUT2D eigenvalue weighted by Crippen LogP contribution is 2.40. The molecular formula is C15H18N2O. The first kappa shape index (κ1) is 11.5. The lowest BCUT2D eigenvalue weighted by molar-refractivity contribution is 0.208. The van der Waals surface area contributed by atoms with Crippen molar-refractivity contribution in [1.29, 1.82) is 0 Å². The van der Waals surface area contributed by atoms with Gasteiger partial charge in [-0.05, 0) is 42.9 Å². The zero-order chi connectivity index (χ0) is 12.5. The fourth-order valence-electron chi connectivity index (χ4n) is 2.41. The van der Waals surface area contributed by atoms with Crippen LogP contribution >= 0.6 is 0 Å². The highest BCUT2D eigenvalue weighted by Gasteiger charge is 2.24. The van der Waals surface area contributed by atoms with Gasteiger partial charge in [-0.3, -0.25) is 4.68 Å². The molecule has 18 heavy (non-hydrogen) atoms. The lowest BCUT2D eigenvalue weighted by Gasteiger charge is -2.13. The van der Waals surface area contributed by atoms with Crippen LogP contribution in [0, 0.1) is 0 Å². The molecule has 1 saturated carbocycles. The molecule has 1 aromatic carbocycles. The van der Waals surface area contributed by atoms with Gasteiger partial charge in [-0.1, -0.05) is 24.3 Å². The Morgan fingerprint density at radius 3 is 2.94 bits per heavy atom. The molecule has 3 heteroatoms. The molecule has 0 bridgehead atoms. The molecule has 0 amide bonds. The summed E-state index contributed by atoms with van der Waals surface area (Å²) in [7, 11) is 0. The maximum absolute atomic E-state index is 10.5. The van der Waals surface area contributed by atoms with Crippen LogP contribution in [0.2, 0.25) is 0 Å². The van der Waals surface area contributed by atoms with Crippen LogP contribution < -0.4 is 0 Å². The van der Waals surface area contributed by atoms with Gasteiger partial charge >= 0.3 is 0 Å². The average molecular weight is 242 g/mol. The normalized spacial score (nSPS) is 16.8. The molecule has 94 valence electrons. The Kier molecular flexibility index (Phi) is 2.92. The largest absolute Gasteiger partial charge is 0.382 e. The van der Waals surface area contributed by atoms with Crippen molar-refractivity contribution in [2.24, 2.45) is 0 Å². The fourth-order valence-corrected chi connectivity index (χ4v) is 2.41. The van der Waals surface area contributed by atoms with E-state index in [1.165, 1.54) is 18.4 Å². The zero-order valence-corrected chi connectivity index (χ0v) is 10.6. The fraction of sp³-hybridized carbons (Fsp3) is 0.400. The molecule has 1 N–H and O–H groups in total. The van der Waals surface area contributed by atoms with Gasteiger partial charge < -0.3 is 5.11 Å². The molecule has 3 rings (SSSR count). The van der Waals surface area contributed by atoms with Gasteiger partial charge in [-0.25, -0.2) is 0 Å². The molecule has 1 unspecified atom stereocenters. The van der Waals surface area contributed by atoms with Crippen molar-refractivity contribution in [3.63, 3.8) is 0 Å². The maximum atomic E-state index is 10.5. The van der Waals surface area contributed by atoms with E-state index in [4.69, 9.17) is 0 Å². The van der Waals surface area contributed by atoms with Gasteiger partial charge in [0.25, 0.3) is 0 Å². The predicted octanol–water partition coefficient (Wildman–Crippen LogP) is 2.86. The number of benzene rings is 1. The topological polar surface area (TPSA) is 38.0 Å². The van der Waals surface area contributed by atoms with Crippen molar-refractivity contribution in [1.82, 2.24) is 9.78 Å². The predicted molar refractivity (Wildman–Crippen MR) is 70.4 cm³/mol. The van der Waals surface area contributed by atoms with Crippen molar-refractivity contribution in [3.05, 3.63) is 53.3 Å². The Hall–Kier alpha value is -1.61. The molecule has 1 aromatic heterocycles.